The van der Waals surface area contributed by atoms with Crippen LogP contribution in [-0.2, 0) is 6.54 Å². The molecule has 0 aliphatic heterocycles. The molecule has 2 aromatic heterocycles. The van der Waals surface area contributed by atoms with Gasteiger partial charge in [-0.25, -0.2) is 0 Å². The minimum Gasteiger partial charge on any atom is -0.467 e. The molecule has 5 nitrogen and oxygen atoms in total. The Bertz CT molecular complexity index is 800. The van der Waals surface area contributed by atoms with E-state index in [1.807, 2.05) is 24.3 Å². The first-order valence-corrected chi connectivity index (χ1v) is 6.58. The lowest BCUT2D eigenvalue weighted by atomic mass is 10.1. The number of amides is 1. The third-order valence-electron chi connectivity index (χ3n) is 3.30. The quantitative estimate of drug-likeness (QED) is 0.803. The molecule has 1 N–H and O–H groups in total. The van der Waals surface area contributed by atoms with Gasteiger partial charge in [0.25, 0.3) is 5.91 Å². The van der Waals surface area contributed by atoms with E-state index in [0.29, 0.717) is 17.9 Å². The van der Waals surface area contributed by atoms with Crippen LogP contribution in [0.1, 0.15) is 27.8 Å². The lowest BCUT2D eigenvalue weighted by Gasteiger charge is -2.01. The monoisotopic (exact) mass is 282 g/mol. The molecule has 21 heavy (non-hydrogen) atoms. The van der Waals surface area contributed by atoms with Crippen molar-refractivity contribution in [2.45, 2.75) is 13.5 Å². The van der Waals surface area contributed by atoms with Gasteiger partial charge < -0.3 is 9.73 Å². The summed E-state index contributed by atoms with van der Waals surface area (Å²) in [5.41, 5.74) is 1.21. The van der Waals surface area contributed by atoms with Crippen LogP contribution in [0.25, 0.3) is 10.9 Å². The van der Waals surface area contributed by atoms with E-state index in [2.05, 4.69) is 5.32 Å². The maximum atomic E-state index is 12.3. The number of aromatic nitrogens is 1. The van der Waals surface area contributed by atoms with E-state index in [9.17, 15) is 9.59 Å². The molecule has 5 heteroatoms. The number of nitrogens with one attached hydrogen (secondary N) is 1. The molecular formula is C16H14N2O3. The molecule has 0 spiro atoms. The highest BCUT2D eigenvalue weighted by molar-refractivity contribution is 6.09. The summed E-state index contributed by atoms with van der Waals surface area (Å²) in [6, 6.07) is 10.9. The predicted octanol–water partition coefficient (Wildman–Crippen LogP) is 2.82. The molecule has 3 rings (SSSR count). The van der Waals surface area contributed by atoms with E-state index in [-0.39, 0.29) is 11.8 Å². The number of nitrogens with zero attached hydrogens (tertiary/aromatic N) is 1. The van der Waals surface area contributed by atoms with Crippen molar-refractivity contribution in [3.63, 3.8) is 0 Å². The minimum absolute atomic E-state index is 0.128. The van der Waals surface area contributed by atoms with E-state index < -0.39 is 0 Å². The van der Waals surface area contributed by atoms with Gasteiger partial charge in [0.1, 0.15) is 5.76 Å². The Kier molecular flexibility index (Phi) is 3.31. The molecule has 0 aliphatic carbocycles. The average molecular weight is 282 g/mol. The number of para-hydroxylation sites is 1. The lowest BCUT2D eigenvalue weighted by molar-refractivity contribution is 0.0941. The third-order valence-corrected chi connectivity index (χ3v) is 3.30. The Labute approximate surface area is 121 Å². The van der Waals surface area contributed by atoms with Gasteiger partial charge in [0.05, 0.1) is 23.9 Å². The van der Waals surface area contributed by atoms with Gasteiger partial charge in [0, 0.05) is 18.5 Å². The molecule has 0 unspecified atom stereocenters. The van der Waals surface area contributed by atoms with E-state index in [0.717, 1.165) is 10.9 Å². The van der Waals surface area contributed by atoms with Crippen molar-refractivity contribution in [3.8, 4) is 0 Å². The zero-order chi connectivity index (χ0) is 14.8. The summed E-state index contributed by atoms with van der Waals surface area (Å²) in [4.78, 5) is 24.0. The van der Waals surface area contributed by atoms with Crippen LogP contribution in [0.4, 0.5) is 0 Å². The molecule has 0 aliphatic rings. The highest BCUT2D eigenvalue weighted by Gasteiger charge is 2.16. The number of carbonyl (C=O) groups is 2. The Morgan fingerprint density at radius 3 is 2.71 bits per heavy atom. The second-order valence-electron chi connectivity index (χ2n) is 4.71. The fourth-order valence-corrected chi connectivity index (χ4v) is 2.30. The first kappa shape index (κ1) is 13.2. The maximum Gasteiger partial charge on any atom is 0.253 e. The topological polar surface area (TPSA) is 64.2 Å². The van der Waals surface area contributed by atoms with Gasteiger partial charge >= 0.3 is 0 Å². The summed E-state index contributed by atoms with van der Waals surface area (Å²) >= 11 is 0. The van der Waals surface area contributed by atoms with Crippen LogP contribution in [0.3, 0.4) is 0 Å². The van der Waals surface area contributed by atoms with Crippen LogP contribution in [0.2, 0.25) is 0 Å². The summed E-state index contributed by atoms with van der Waals surface area (Å²) < 4.78 is 6.66. The fourth-order valence-electron chi connectivity index (χ4n) is 2.30. The number of fused-ring (bicyclic) bond motifs is 1. The number of benzene rings is 1. The second-order valence-corrected chi connectivity index (χ2v) is 4.71. The highest BCUT2D eigenvalue weighted by Crippen LogP contribution is 2.21. The predicted molar refractivity (Wildman–Crippen MR) is 78.1 cm³/mol. The van der Waals surface area contributed by atoms with Crippen molar-refractivity contribution in [1.29, 1.82) is 0 Å². The number of hydrogen-bond acceptors (Lipinski definition) is 3. The number of carbonyl (C=O) groups excluding carboxylic acids is 2. The first-order chi connectivity index (χ1) is 10.2. The Hall–Kier alpha value is -2.82. The molecule has 0 fully saturated rings. The fraction of sp³-hybridized carbons (Fsp3) is 0.125. The Morgan fingerprint density at radius 2 is 2.00 bits per heavy atom. The molecule has 1 aromatic carbocycles. The van der Waals surface area contributed by atoms with Crippen molar-refractivity contribution in [2.24, 2.45) is 0 Å². The highest BCUT2D eigenvalue weighted by atomic mass is 16.3. The van der Waals surface area contributed by atoms with Crippen LogP contribution in [-0.4, -0.2) is 16.4 Å². The van der Waals surface area contributed by atoms with Gasteiger partial charge in [0.15, 0.2) is 0 Å². The van der Waals surface area contributed by atoms with Crippen molar-refractivity contribution in [2.75, 3.05) is 0 Å². The van der Waals surface area contributed by atoms with Gasteiger partial charge in [-0.2, -0.15) is 0 Å². The molecule has 0 radical (unpaired) electrons. The minimum atomic E-state index is -0.234. The van der Waals surface area contributed by atoms with E-state index in [1.54, 1.807) is 24.6 Å². The number of hydrogen-bond donors (Lipinski definition) is 1. The van der Waals surface area contributed by atoms with Gasteiger partial charge in [0.2, 0.25) is 5.91 Å². The first-order valence-electron chi connectivity index (χ1n) is 6.58. The van der Waals surface area contributed by atoms with Crippen molar-refractivity contribution in [1.82, 2.24) is 9.88 Å². The van der Waals surface area contributed by atoms with Crippen molar-refractivity contribution in [3.05, 3.63) is 60.2 Å². The molecule has 3 aromatic rings. The van der Waals surface area contributed by atoms with Crippen LogP contribution in [0.5, 0.6) is 0 Å². The largest absolute Gasteiger partial charge is 0.467 e. The average Bonchev–Trinajstić information content (AvgIpc) is 3.12. The van der Waals surface area contributed by atoms with Gasteiger partial charge in [-0.05, 0) is 18.2 Å². The second kappa shape index (κ2) is 5.28. The SMILES string of the molecule is CC(=O)n1cc(C(=O)NCc2ccco2)c2ccccc21. The van der Waals surface area contributed by atoms with Crippen molar-refractivity contribution < 1.29 is 14.0 Å². The van der Waals surface area contributed by atoms with Crippen LogP contribution >= 0.6 is 0 Å². The summed E-state index contributed by atoms with van der Waals surface area (Å²) in [7, 11) is 0. The zero-order valence-electron chi connectivity index (χ0n) is 11.5. The molecule has 0 saturated heterocycles. The smallest absolute Gasteiger partial charge is 0.253 e. The van der Waals surface area contributed by atoms with E-state index in [4.69, 9.17) is 4.42 Å². The summed E-state index contributed by atoms with van der Waals surface area (Å²) in [5.74, 6) is 0.317. The van der Waals surface area contributed by atoms with Crippen LogP contribution in [0.15, 0.2) is 53.3 Å². The molecule has 0 atom stereocenters. The normalized spacial score (nSPS) is 10.7. The Morgan fingerprint density at radius 1 is 1.19 bits per heavy atom. The molecule has 0 saturated carbocycles. The van der Waals surface area contributed by atoms with Crippen LogP contribution < -0.4 is 5.32 Å². The maximum absolute atomic E-state index is 12.3. The third kappa shape index (κ3) is 2.45. The lowest BCUT2D eigenvalue weighted by Crippen LogP contribution is -2.22. The van der Waals surface area contributed by atoms with Gasteiger partial charge in [-0.3, -0.25) is 14.2 Å². The zero-order valence-corrected chi connectivity index (χ0v) is 11.5. The number of furan rings is 1. The molecular weight excluding hydrogens is 268 g/mol. The Balaban J connectivity index is 1.92. The molecule has 2 heterocycles. The van der Waals surface area contributed by atoms with Gasteiger partial charge in [-0.15, -0.1) is 0 Å². The molecule has 1 amide bonds. The van der Waals surface area contributed by atoms with Gasteiger partial charge in [-0.1, -0.05) is 18.2 Å². The molecule has 0 bridgehead atoms. The van der Waals surface area contributed by atoms with E-state index in [1.165, 1.54) is 11.5 Å². The summed E-state index contributed by atoms with van der Waals surface area (Å²) in [5, 5.41) is 3.54. The summed E-state index contributed by atoms with van der Waals surface area (Å²) in [6.45, 7) is 1.78. The van der Waals surface area contributed by atoms with Crippen LogP contribution in [0, 0.1) is 0 Å². The van der Waals surface area contributed by atoms with E-state index >= 15 is 0 Å². The standard InChI is InChI=1S/C16H14N2O3/c1-11(19)18-10-14(13-6-2-3-7-15(13)18)16(20)17-9-12-5-4-8-21-12/h2-8,10H,9H2,1H3,(H,17,20). The van der Waals surface area contributed by atoms with Crippen molar-refractivity contribution >= 4 is 22.7 Å². The summed E-state index contributed by atoms with van der Waals surface area (Å²) in [6.07, 6.45) is 3.13. The number of rotatable bonds is 3. The molecule has 106 valence electrons.